The number of halogens is 1. The van der Waals surface area contributed by atoms with Crippen LogP contribution in [0.15, 0.2) is 17.0 Å². The summed E-state index contributed by atoms with van der Waals surface area (Å²) in [6.07, 6.45) is 2.52. The fourth-order valence-electron chi connectivity index (χ4n) is 1.50. The summed E-state index contributed by atoms with van der Waals surface area (Å²) in [7, 11) is 1.59. The maximum atomic E-state index is 13.3. The third kappa shape index (κ3) is 3.11. The predicted octanol–water partition coefficient (Wildman–Crippen LogP) is 2.45. The molecular formula is C11H16FNOS. The molecule has 84 valence electrons. The largest absolute Gasteiger partial charge is 0.495 e. The maximum Gasteiger partial charge on any atom is 0.135 e. The zero-order chi connectivity index (χ0) is 11.4. The van der Waals surface area contributed by atoms with E-state index in [2.05, 4.69) is 0 Å². The van der Waals surface area contributed by atoms with Gasteiger partial charge in [0.15, 0.2) is 0 Å². The summed E-state index contributed by atoms with van der Waals surface area (Å²) in [6, 6.07) is 2.96. The Hall–Kier alpha value is -0.740. The molecule has 0 fully saturated rings. The summed E-state index contributed by atoms with van der Waals surface area (Å²) in [5, 5.41) is 0. The Morgan fingerprint density at radius 3 is 2.67 bits per heavy atom. The molecule has 1 atom stereocenters. The molecule has 0 aromatic heterocycles. The van der Waals surface area contributed by atoms with Gasteiger partial charge in [-0.15, -0.1) is 11.8 Å². The van der Waals surface area contributed by atoms with Gasteiger partial charge in [-0.1, -0.05) is 0 Å². The van der Waals surface area contributed by atoms with Gasteiger partial charge in [-0.2, -0.15) is 0 Å². The van der Waals surface area contributed by atoms with E-state index in [4.69, 9.17) is 10.5 Å². The fourth-order valence-corrected chi connectivity index (χ4v) is 2.13. The van der Waals surface area contributed by atoms with Crippen molar-refractivity contribution in [1.29, 1.82) is 0 Å². The van der Waals surface area contributed by atoms with E-state index in [1.54, 1.807) is 7.11 Å². The Morgan fingerprint density at radius 1 is 1.53 bits per heavy atom. The van der Waals surface area contributed by atoms with Gasteiger partial charge in [-0.25, -0.2) is 4.39 Å². The summed E-state index contributed by atoms with van der Waals surface area (Å²) >= 11 is 1.47. The van der Waals surface area contributed by atoms with Crippen molar-refractivity contribution in [3.8, 4) is 5.75 Å². The third-order valence-electron chi connectivity index (χ3n) is 2.06. The van der Waals surface area contributed by atoms with E-state index < -0.39 is 0 Å². The highest BCUT2D eigenvalue weighted by atomic mass is 32.2. The topological polar surface area (TPSA) is 35.2 Å². The number of methoxy groups -OCH3 is 1. The molecule has 0 saturated carbocycles. The molecule has 1 aromatic rings. The normalized spacial score (nSPS) is 12.6. The second-order valence-electron chi connectivity index (χ2n) is 3.48. The summed E-state index contributed by atoms with van der Waals surface area (Å²) in [6.45, 7) is 1.89. The van der Waals surface area contributed by atoms with Gasteiger partial charge < -0.3 is 10.5 Å². The number of hydrogen-bond acceptors (Lipinski definition) is 3. The molecule has 0 bridgehead atoms. The fraction of sp³-hybridized carbons (Fsp3) is 0.455. The highest BCUT2D eigenvalue weighted by molar-refractivity contribution is 7.98. The van der Waals surface area contributed by atoms with E-state index in [1.165, 1.54) is 23.9 Å². The van der Waals surface area contributed by atoms with Crippen LogP contribution in [-0.4, -0.2) is 19.4 Å². The zero-order valence-electron chi connectivity index (χ0n) is 9.21. The van der Waals surface area contributed by atoms with E-state index in [1.807, 2.05) is 13.2 Å². The van der Waals surface area contributed by atoms with Crippen LogP contribution in [0.5, 0.6) is 5.75 Å². The second kappa shape index (κ2) is 5.37. The minimum atomic E-state index is -0.240. The minimum Gasteiger partial charge on any atom is -0.495 e. The molecular weight excluding hydrogens is 213 g/mol. The lowest BCUT2D eigenvalue weighted by Crippen LogP contribution is -2.18. The Kier molecular flexibility index (Phi) is 4.42. The summed E-state index contributed by atoms with van der Waals surface area (Å²) < 4.78 is 18.6. The quantitative estimate of drug-likeness (QED) is 0.805. The molecule has 2 N–H and O–H groups in total. The molecule has 0 saturated heterocycles. The van der Waals surface area contributed by atoms with Gasteiger partial charge in [-0.3, -0.25) is 0 Å². The van der Waals surface area contributed by atoms with Crippen molar-refractivity contribution >= 4 is 11.8 Å². The van der Waals surface area contributed by atoms with Crippen molar-refractivity contribution in [3.63, 3.8) is 0 Å². The zero-order valence-corrected chi connectivity index (χ0v) is 10.0. The van der Waals surface area contributed by atoms with Crippen LogP contribution < -0.4 is 10.5 Å². The molecule has 4 heteroatoms. The van der Waals surface area contributed by atoms with Gasteiger partial charge in [-0.05, 0) is 37.3 Å². The molecule has 2 nitrogen and oxygen atoms in total. The molecule has 0 aliphatic rings. The van der Waals surface area contributed by atoms with Crippen molar-refractivity contribution < 1.29 is 9.13 Å². The molecule has 0 radical (unpaired) electrons. The smallest absolute Gasteiger partial charge is 0.135 e. The standard InChI is InChI=1S/C11H16FNOS/c1-7(13)4-8-5-9(12)6-10(15-3)11(8)14-2/h5-7H,4,13H2,1-3H3. The van der Waals surface area contributed by atoms with Gasteiger partial charge >= 0.3 is 0 Å². The lowest BCUT2D eigenvalue weighted by atomic mass is 10.1. The number of thioether (sulfide) groups is 1. The average Bonchev–Trinajstić information content (AvgIpc) is 2.15. The molecule has 1 aromatic carbocycles. The van der Waals surface area contributed by atoms with E-state index in [9.17, 15) is 4.39 Å². The molecule has 15 heavy (non-hydrogen) atoms. The van der Waals surface area contributed by atoms with Crippen LogP contribution in [-0.2, 0) is 6.42 Å². The van der Waals surface area contributed by atoms with E-state index in [0.717, 1.165) is 16.2 Å². The molecule has 1 unspecified atom stereocenters. The first-order chi connectivity index (χ1) is 7.08. The number of nitrogens with two attached hydrogens (primary N) is 1. The lowest BCUT2D eigenvalue weighted by Gasteiger charge is -2.14. The molecule has 0 spiro atoms. The maximum absolute atomic E-state index is 13.3. The first kappa shape index (κ1) is 12.3. The minimum absolute atomic E-state index is 0.00425. The first-order valence-electron chi connectivity index (χ1n) is 4.74. The Morgan fingerprint density at radius 2 is 2.20 bits per heavy atom. The Labute approximate surface area is 94.0 Å². The van der Waals surface area contributed by atoms with Crippen molar-refractivity contribution in [3.05, 3.63) is 23.5 Å². The van der Waals surface area contributed by atoms with Crippen LogP contribution in [0, 0.1) is 5.82 Å². The van der Waals surface area contributed by atoms with Crippen molar-refractivity contribution in [2.75, 3.05) is 13.4 Å². The van der Waals surface area contributed by atoms with E-state index >= 15 is 0 Å². The molecule has 0 amide bonds. The number of benzene rings is 1. The molecule has 0 aliphatic heterocycles. The van der Waals surface area contributed by atoms with Crippen molar-refractivity contribution in [1.82, 2.24) is 0 Å². The third-order valence-corrected chi connectivity index (χ3v) is 2.81. The summed E-state index contributed by atoms with van der Waals surface area (Å²) in [5.74, 6) is 0.497. The first-order valence-corrected chi connectivity index (χ1v) is 5.97. The van der Waals surface area contributed by atoms with Crippen LogP contribution in [0.3, 0.4) is 0 Å². The summed E-state index contributed by atoms with van der Waals surface area (Å²) in [5.41, 5.74) is 6.54. The Balaban J connectivity index is 3.16. The number of hydrogen-bond donors (Lipinski definition) is 1. The van der Waals surface area contributed by atoms with Gasteiger partial charge in [0.25, 0.3) is 0 Å². The summed E-state index contributed by atoms with van der Waals surface area (Å²) in [4.78, 5) is 0.813. The van der Waals surface area contributed by atoms with Crippen LogP contribution in [0.2, 0.25) is 0 Å². The van der Waals surface area contributed by atoms with Crippen LogP contribution >= 0.6 is 11.8 Å². The lowest BCUT2D eigenvalue weighted by molar-refractivity contribution is 0.396. The molecule has 1 rings (SSSR count). The molecule has 0 aliphatic carbocycles. The van der Waals surface area contributed by atoms with E-state index in [-0.39, 0.29) is 11.9 Å². The average molecular weight is 229 g/mol. The number of rotatable bonds is 4. The highest BCUT2D eigenvalue weighted by Gasteiger charge is 2.12. The van der Waals surface area contributed by atoms with Crippen LogP contribution in [0.25, 0.3) is 0 Å². The predicted molar refractivity (Wildman–Crippen MR) is 62.1 cm³/mol. The van der Waals surface area contributed by atoms with Gasteiger partial charge in [0.1, 0.15) is 11.6 Å². The Bertz CT molecular complexity index is 342. The van der Waals surface area contributed by atoms with Crippen LogP contribution in [0.4, 0.5) is 4.39 Å². The van der Waals surface area contributed by atoms with Crippen molar-refractivity contribution in [2.24, 2.45) is 5.73 Å². The van der Waals surface area contributed by atoms with Crippen LogP contribution in [0.1, 0.15) is 12.5 Å². The van der Waals surface area contributed by atoms with Gasteiger partial charge in [0, 0.05) is 6.04 Å². The highest BCUT2D eigenvalue weighted by Crippen LogP contribution is 2.32. The van der Waals surface area contributed by atoms with Crippen molar-refractivity contribution in [2.45, 2.75) is 24.3 Å². The van der Waals surface area contributed by atoms with Gasteiger partial charge in [0.05, 0.1) is 12.0 Å². The molecule has 0 heterocycles. The van der Waals surface area contributed by atoms with E-state index in [0.29, 0.717) is 6.42 Å². The number of ether oxygens (including phenoxy) is 1. The second-order valence-corrected chi connectivity index (χ2v) is 4.33. The van der Waals surface area contributed by atoms with Gasteiger partial charge in [0.2, 0.25) is 0 Å². The SMILES string of the molecule is COc1c(CC(C)N)cc(F)cc1SC. The monoisotopic (exact) mass is 229 g/mol.